The van der Waals surface area contributed by atoms with Gasteiger partial charge in [-0.15, -0.1) is 0 Å². The Morgan fingerprint density at radius 2 is 1.65 bits per heavy atom. The van der Waals surface area contributed by atoms with E-state index >= 15 is 0 Å². The smallest absolute Gasteiger partial charge is 0.407 e. The Kier molecular flexibility index (Phi) is 8.10. The fourth-order valence-electron chi connectivity index (χ4n) is 5.31. The molecule has 0 aliphatic carbocycles. The summed E-state index contributed by atoms with van der Waals surface area (Å²) in [5.74, 6) is -2.48. The van der Waals surface area contributed by atoms with Crippen LogP contribution in [0.2, 0.25) is 0 Å². The van der Waals surface area contributed by atoms with Gasteiger partial charge in [-0.3, -0.25) is 9.59 Å². The van der Waals surface area contributed by atoms with E-state index in [1.54, 1.807) is 11.8 Å². The summed E-state index contributed by atoms with van der Waals surface area (Å²) < 4.78 is 33.8. The quantitative estimate of drug-likeness (QED) is 0.631. The van der Waals surface area contributed by atoms with Crippen LogP contribution in [0.25, 0.3) is 0 Å². The summed E-state index contributed by atoms with van der Waals surface area (Å²) in [6.07, 6.45) is 1.75. The van der Waals surface area contributed by atoms with Gasteiger partial charge in [-0.1, -0.05) is 36.4 Å². The van der Waals surface area contributed by atoms with Gasteiger partial charge in [0.1, 0.15) is 23.2 Å². The SMILES string of the molecule is CCOC(=O)N[C@@H](Cc1ccccc1)C(=O)N1CCC2(CCN(C(=O)c3c(F)ccc(C)c3F)CC2)C1. The lowest BCUT2D eigenvalue weighted by Gasteiger charge is -2.39. The monoisotopic (exact) mass is 513 g/mol. The molecule has 0 saturated carbocycles. The van der Waals surface area contributed by atoms with E-state index in [-0.39, 0.29) is 23.5 Å². The fraction of sp³-hybridized carbons (Fsp3) is 0.464. The number of piperidine rings is 1. The molecule has 2 aliphatic rings. The molecule has 7 nitrogen and oxygen atoms in total. The van der Waals surface area contributed by atoms with Crippen LogP contribution < -0.4 is 5.32 Å². The van der Waals surface area contributed by atoms with Crippen molar-refractivity contribution in [1.29, 1.82) is 0 Å². The first-order valence-corrected chi connectivity index (χ1v) is 12.7. The van der Waals surface area contributed by atoms with E-state index in [2.05, 4.69) is 5.32 Å². The highest BCUT2D eigenvalue weighted by Gasteiger charge is 2.44. The minimum atomic E-state index is -0.857. The van der Waals surface area contributed by atoms with Gasteiger partial charge in [-0.05, 0) is 55.7 Å². The summed E-state index contributed by atoms with van der Waals surface area (Å²) in [6.45, 7) is 5.20. The number of amides is 3. The van der Waals surface area contributed by atoms with Crippen LogP contribution in [0.15, 0.2) is 42.5 Å². The van der Waals surface area contributed by atoms with Crippen LogP contribution in [0.3, 0.4) is 0 Å². The average Bonchev–Trinajstić information content (AvgIpc) is 3.30. The summed E-state index contributed by atoms with van der Waals surface area (Å²) in [4.78, 5) is 41.8. The van der Waals surface area contributed by atoms with E-state index in [1.807, 2.05) is 30.3 Å². The second kappa shape index (κ2) is 11.3. The molecular weight excluding hydrogens is 480 g/mol. The van der Waals surface area contributed by atoms with Crippen molar-refractivity contribution in [3.63, 3.8) is 0 Å². The number of halogens is 2. The Balaban J connectivity index is 1.40. The van der Waals surface area contributed by atoms with E-state index in [0.717, 1.165) is 18.1 Å². The molecule has 9 heteroatoms. The largest absolute Gasteiger partial charge is 0.450 e. The summed E-state index contributed by atoms with van der Waals surface area (Å²) >= 11 is 0. The van der Waals surface area contributed by atoms with Gasteiger partial charge in [0.15, 0.2) is 0 Å². The first-order chi connectivity index (χ1) is 17.7. The third-order valence-electron chi connectivity index (χ3n) is 7.51. The molecule has 2 aromatic carbocycles. The minimum Gasteiger partial charge on any atom is -0.450 e. The van der Waals surface area contributed by atoms with E-state index < -0.39 is 35.2 Å². The molecule has 4 rings (SSSR count). The third-order valence-corrected chi connectivity index (χ3v) is 7.51. The van der Waals surface area contributed by atoms with Crippen LogP contribution in [0.1, 0.15) is 47.7 Å². The van der Waals surface area contributed by atoms with Crippen LogP contribution in [0.5, 0.6) is 0 Å². The van der Waals surface area contributed by atoms with E-state index in [4.69, 9.17) is 4.74 Å². The molecule has 1 atom stereocenters. The van der Waals surface area contributed by atoms with Gasteiger partial charge in [0, 0.05) is 32.6 Å². The molecule has 2 heterocycles. The number of rotatable bonds is 6. The molecule has 1 spiro atoms. The van der Waals surface area contributed by atoms with Crippen molar-refractivity contribution in [3.8, 4) is 0 Å². The van der Waals surface area contributed by atoms with Crippen LogP contribution in [-0.4, -0.2) is 66.5 Å². The van der Waals surface area contributed by atoms with E-state index in [9.17, 15) is 23.2 Å². The van der Waals surface area contributed by atoms with Gasteiger partial charge in [0.25, 0.3) is 5.91 Å². The molecule has 37 heavy (non-hydrogen) atoms. The number of carbonyl (C=O) groups excluding carboxylic acids is 3. The molecule has 2 aromatic rings. The van der Waals surface area contributed by atoms with Crippen LogP contribution >= 0.6 is 0 Å². The zero-order valence-corrected chi connectivity index (χ0v) is 21.3. The summed E-state index contributed by atoms with van der Waals surface area (Å²) in [5.41, 5.74) is 0.476. The normalized spacial score (nSPS) is 17.5. The zero-order chi connectivity index (χ0) is 26.6. The second-order valence-electron chi connectivity index (χ2n) is 9.96. The second-order valence-corrected chi connectivity index (χ2v) is 9.96. The molecule has 3 amide bonds. The lowest BCUT2D eigenvalue weighted by atomic mass is 9.77. The van der Waals surface area contributed by atoms with Crippen molar-refractivity contribution in [1.82, 2.24) is 15.1 Å². The van der Waals surface area contributed by atoms with Crippen molar-refractivity contribution >= 4 is 17.9 Å². The molecule has 2 aliphatic heterocycles. The van der Waals surface area contributed by atoms with Crippen LogP contribution in [-0.2, 0) is 16.0 Å². The average molecular weight is 514 g/mol. The van der Waals surface area contributed by atoms with Crippen molar-refractivity contribution < 1.29 is 27.9 Å². The molecule has 1 N–H and O–H groups in total. The Bertz CT molecular complexity index is 1150. The predicted molar refractivity (Wildman–Crippen MR) is 134 cm³/mol. The van der Waals surface area contributed by atoms with Gasteiger partial charge in [0.05, 0.1) is 6.61 Å². The van der Waals surface area contributed by atoms with Crippen LogP contribution in [0.4, 0.5) is 13.6 Å². The van der Waals surface area contributed by atoms with E-state index in [0.29, 0.717) is 45.4 Å². The fourth-order valence-corrected chi connectivity index (χ4v) is 5.31. The number of benzene rings is 2. The number of ether oxygens (including phenoxy) is 1. The number of nitrogens with zero attached hydrogens (tertiary/aromatic N) is 2. The number of aryl methyl sites for hydroxylation is 1. The predicted octanol–water partition coefficient (Wildman–Crippen LogP) is 4.09. The molecular formula is C28H33F2N3O4. The Labute approximate surface area is 215 Å². The maximum absolute atomic E-state index is 14.5. The maximum Gasteiger partial charge on any atom is 0.407 e. The van der Waals surface area contributed by atoms with E-state index in [1.165, 1.54) is 17.9 Å². The molecule has 0 unspecified atom stereocenters. The zero-order valence-electron chi connectivity index (χ0n) is 21.3. The molecule has 198 valence electrons. The summed E-state index contributed by atoms with van der Waals surface area (Å²) in [7, 11) is 0. The number of likely N-dealkylation sites (tertiary alicyclic amines) is 2. The molecule has 0 radical (unpaired) electrons. The van der Waals surface area contributed by atoms with Gasteiger partial charge < -0.3 is 19.9 Å². The van der Waals surface area contributed by atoms with Crippen molar-refractivity contribution in [2.75, 3.05) is 32.8 Å². The van der Waals surface area contributed by atoms with Crippen LogP contribution in [0, 0.1) is 24.0 Å². The number of hydrogen-bond donors (Lipinski definition) is 1. The standard InChI is InChI=1S/C28H33F2N3O4/c1-3-37-27(36)31-22(17-20-7-5-4-6-8-20)25(34)33-16-13-28(18-33)11-14-32(15-12-28)26(35)23-21(29)10-9-19(2)24(23)30/h4-10,22H,3,11-18H2,1-2H3,(H,31,36)/t22-/m0/s1. The van der Waals surface area contributed by atoms with Crippen molar-refractivity contribution in [2.45, 2.75) is 45.6 Å². The first-order valence-electron chi connectivity index (χ1n) is 12.7. The molecule has 0 bridgehead atoms. The topological polar surface area (TPSA) is 79.0 Å². The van der Waals surface area contributed by atoms with Gasteiger partial charge in [-0.25, -0.2) is 13.6 Å². The van der Waals surface area contributed by atoms with Crippen molar-refractivity contribution in [3.05, 3.63) is 70.8 Å². The summed E-state index contributed by atoms with van der Waals surface area (Å²) in [5, 5.41) is 2.71. The number of carbonyl (C=O) groups is 3. The Morgan fingerprint density at radius 3 is 2.30 bits per heavy atom. The highest BCUT2D eigenvalue weighted by Crippen LogP contribution is 2.41. The molecule has 2 saturated heterocycles. The number of nitrogens with one attached hydrogen (secondary N) is 1. The maximum atomic E-state index is 14.5. The lowest BCUT2D eigenvalue weighted by Crippen LogP contribution is -2.50. The van der Waals surface area contributed by atoms with Gasteiger partial charge in [0.2, 0.25) is 5.91 Å². The highest BCUT2D eigenvalue weighted by molar-refractivity contribution is 5.95. The van der Waals surface area contributed by atoms with Gasteiger partial charge in [-0.2, -0.15) is 0 Å². The highest BCUT2D eigenvalue weighted by atomic mass is 19.1. The Morgan fingerprint density at radius 1 is 1.00 bits per heavy atom. The lowest BCUT2D eigenvalue weighted by molar-refractivity contribution is -0.132. The Hall–Kier alpha value is -3.49. The number of alkyl carbamates (subject to hydrolysis) is 1. The first kappa shape index (κ1) is 26.6. The molecule has 2 fully saturated rings. The van der Waals surface area contributed by atoms with Gasteiger partial charge >= 0.3 is 6.09 Å². The third kappa shape index (κ3) is 5.92. The van der Waals surface area contributed by atoms with Crippen molar-refractivity contribution in [2.24, 2.45) is 5.41 Å². The number of hydrogen-bond acceptors (Lipinski definition) is 4. The molecule has 0 aromatic heterocycles. The minimum absolute atomic E-state index is 0.169. The summed E-state index contributed by atoms with van der Waals surface area (Å²) in [6, 6.07) is 11.2.